The smallest absolute Gasteiger partial charge is 0.172 e. The monoisotopic (exact) mass is 302 g/mol. The fourth-order valence-corrected chi connectivity index (χ4v) is 5.61. The fraction of sp³-hybridized carbons (Fsp3) is 0.556. The van der Waals surface area contributed by atoms with E-state index in [1.54, 1.807) is 11.8 Å². The highest BCUT2D eigenvalue weighted by molar-refractivity contribution is 8.00. The van der Waals surface area contributed by atoms with Crippen LogP contribution < -0.4 is 0 Å². The van der Waals surface area contributed by atoms with Crippen molar-refractivity contribution in [2.24, 2.45) is 16.7 Å². The van der Waals surface area contributed by atoms with Crippen LogP contribution in [0.25, 0.3) is 0 Å². The van der Waals surface area contributed by atoms with Crippen LogP contribution in [0.5, 0.6) is 0 Å². The lowest BCUT2D eigenvalue weighted by molar-refractivity contribution is -0.127. The third-order valence-corrected chi connectivity index (χ3v) is 6.98. The Hall–Kier alpha value is -1.09. The summed E-state index contributed by atoms with van der Waals surface area (Å²) in [7, 11) is 0. The maximum atomic E-state index is 12.4. The summed E-state index contributed by atoms with van der Waals surface area (Å²) in [6.07, 6.45) is 2.93. The van der Waals surface area contributed by atoms with E-state index in [-0.39, 0.29) is 16.6 Å². The van der Waals surface area contributed by atoms with Crippen molar-refractivity contribution in [2.45, 2.75) is 33.1 Å². The van der Waals surface area contributed by atoms with Gasteiger partial charge in [0.1, 0.15) is 5.78 Å². The van der Waals surface area contributed by atoms with Crippen molar-refractivity contribution in [2.75, 3.05) is 11.5 Å². The van der Waals surface area contributed by atoms with Gasteiger partial charge < -0.3 is 0 Å². The van der Waals surface area contributed by atoms with Gasteiger partial charge in [0.2, 0.25) is 0 Å². The molecule has 0 heterocycles. The van der Waals surface area contributed by atoms with Crippen molar-refractivity contribution in [3.05, 3.63) is 35.9 Å². The minimum Gasteiger partial charge on any atom is -0.299 e. The van der Waals surface area contributed by atoms with E-state index >= 15 is 0 Å². The number of carbonyl (C=O) groups excluding carboxylic acids is 2. The fourth-order valence-electron chi connectivity index (χ4n) is 4.13. The molecule has 0 spiro atoms. The van der Waals surface area contributed by atoms with E-state index in [9.17, 15) is 9.59 Å². The predicted octanol–water partition coefficient (Wildman–Crippen LogP) is 4.00. The highest BCUT2D eigenvalue weighted by Crippen LogP contribution is 2.64. The number of rotatable bonds is 5. The number of carbonyl (C=O) groups is 2. The van der Waals surface area contributed by atoms with Gasteiger partial charge in [-0.05, 0) is 24.2 Å². The lowest BCUT2D eigenvalue weighted by atomic mass is 9.70. The minimum absolute atomic E-state index is 0.104. The number of thioether (sulfide) groups is 1. The Labute approximate surface area is 130 Å². The zero-order chi connectivity index (χ0) is 15.1. The van der Waals surface area contributed by atoms with Crippen LogP contribution in [0.2, 0.25) is 0 Å². The molecule has 0 unspecified atom stereocenters. The lowest BCUT2D eigenvalue weighted by Gasteiger charge is -2.36. The molecular formula is C18H22O2S. The standard InChI is InChI=1S/C18H22O2S/c1-17(2)14-8-9-18(17,16(20)10-14)12-21-11-15(19)13-6-4-3-5-7-13/h3-7,14H,8-12H2,1-2H3/t14-,18-/m1/s1. The Kier molecular flexibility index (Phi) is 3.73. The maximum absolute atomic E-state index is 12.4. The largest absolute Gasteiger partial charge is 0.299 e. The highest BCUT2D eigenvalue weighted by Gasteiger charge is 2.63. The van der Waals surface area contributed by atoms with Gasteiger partial charge in [0.15, 0.2) is 5.78 Å². The molecular weight excluding hydrogens is 280 g/mol. The number of hydrogen-bond donors (Lipinski definition) is 0. The third kappa shape index (κ3) is 2.26. The van der Waals surface area contributed by atoms with Crippen LogP contribution >= 0.6 is 11.8 Å². The average molecular weight is 302 g/mol. The summed E-state index contributed by atoms with van der Waals surface area (Å²) in [5, 5.41) is 0. The highest BCUT2D eigenvalue weighted by atomic mass is 32.2. The first-order valence-corrected chi connectivity index (χ1v) is 8.82. The number of benzene rings is 1. The van der Waals surface area contributed by atoms with Crippen molar-refractivity contribution >= 4 is 23.3 Å². The van der Waals surface area contributed by atoms with Crippen molar-refractivity contribution in [3.63, 3.8) is 0 Å². The molecule has 2 aliphatic rings. The van der Waals surface area contributed by atoms with Gasteiger partial charge in [-0.15, -0.1) is 0 Å². The molecule has 2 saturated carbocycles. The van der Waals surface area contributed by atoms with Gasteiger partial charge in [0.25, 0.3) is 0 Å². The van der Waals surface area contributed by atoms with E-state index in [2.05, 4.69) is 13.8 Å². The molecule has 1 aromatic carbocycles. The number of hydrogen-bond acceptors (Lipinski definition) is 3. The van der Waals surface area contributed by atoms with E-state index in [4.69, 9.17) is 0 Å². The summed E-state index contributed by atoms with van der Waals surface area (Å²) in [4.78, 5) is 24.6. The van der Waals surface area contributed by atoms with Gasteiger partial charge in [-0.2, -0.15) is 11.8 Å². The molecule has 2 fully saturated rings. The molecule has 0 amide bonds. The molecule has 3 rings (SSSR count). The summed E-state index contributed by atoms with van der Waals surface area (Å²) in [6, 6.07) is 9.42. The van der Waals surface area contributed by atoms with Crippen molar-refractivity contribution < 1.29 is 9.59 Å². The third-order valence-electron chi connectivity index (χ3n) is 5.82. The summed E-state index contributed by atoms with van der Waals surface area (Å²) in [5.41, 5.74) is 0.690. The van der Waals surface area contributed by atoms with Gasteiger partial charge >= 0.3 is 0 Å². The molecule has 1 aromatic rings. The van der Waals surface area contributed by atoms with Gasteiger partial charge in [-0.25, -0.2) is 0 Å². The summed E-state index contributed by atoms with van der Waals surface area (Å²) in [5.74, 6) is 2.42. The van der Waals surface area contributed by atoms with Crippen LogP contribution in [0.3, 0.4) is 0 Å². The second-order valence-corrected chi connectivity index (χ2v) is 7.93. The molecule has 21 heavy (non-hydrogen) atoms. The van der Waals surface area contributed by atoms with E-state index in [0.717, 1.165) is 24.2 Å². The lowest BCUT2D eigenvalue weighted by Crippen LogP contribution is -2.38. The SMILES string of the molecule is CC1(C)[C@@H]2CC[C@@]1(CSCC(=O)c1ccccc1)C(=O)C2. The van der Waals surface area contributed by atoms with Gasteiger partial charge in [-0.1, -0.05) is 44.2 Å². The van der Waals surface area contributed by atoms with Crippen LogP contribution in [-0.4, -0.2) is 23.1 Å². The van der Waals surface area contributed by atoms with Crippen LogP contribution in [0.4, 0.5) is 0 Å². The van der Waals surface area contributed by atoms with E-state index in [1.807, 2.05) is 30.3 Å². The predicted molar refractivity (Wildman–Crippen MR) is 86.7 cm³/mol. The molecule has 112 valence electrons. The van der Waals surface area contributed by atoms with Crippen LogP contribution in [0.1, 0.15) is 43.5 Å². The first-order valence-electron chi connectivity index (χ1n) is 7.67. The molecule has 2 nitrogen and oxygen atoms in total. The number of fused-ring (bicyclic) bond motifs is 2. The van der Waals surface area contributed by atoms with Gasteiger partial charge in [-0.3, -0.25) is 9.59 Å². The first kappa shape index (κ1) is 14.8. The Bertz CT molecular complexity index is 564. The molecule has 2 atom stereocenters. The molecule has 0 aromatic heterocycles. The Morgan fingerprint density at radius 1 is 1.29 bits per heavy atom. The van der Waals surface area contributed by atoms with Gasteiger partial charge in [0, 0.05) is 23.2 Å². The van der Waals surface area contributed by atoms with Gasteiger partial charge in [0.05, 0.1) is 5.75 Å². The molecule has 0 saturated heterocycles. The van der Waals surface area contributed by atoms with Crippen molar-refractivity contribution in [1.29, 1.82) is 0 Å². The Balaban J connectivity index is 1.63. The average Bonchev–Trinajstić information content (AvgIpc) is 2.82. The minimum atomic E-state index is -0.181. The summed E-state index contributed by atoms with van der Waals surface area (Å²) < 4.78 is 0. The Morgan fingerprint density at radius 3 is 2.57 bits per heavy atom. The Morgan fingerprint density at radius 2 is 2.00 bits per heavy atom. The summed E-state index contributed by atoms with van der Waals surface area (Å²) in [6.45, 7) is 4.49. The molecule has 2 bridgehead atoms. The number of Topliss-reactive ketones (excluding diaryl/α,β-unsaturated/α-hetero) is 2. The normalized spacial score (nSPS) is 29.8. The second kappa shape index (κ2) is 5.28. The molecule has 3 heteroatoms. The maximum Gasteiger partial charge on any atom is 0.172 e. The zero-order valence-corrected chi connectivity index (χ0v) is 13.5. The van der Waals surface area contributed by atoms with Crippen molar-refractivity contribution in [3.8, 4) is 0 Å². The molecule has 0 radical (unpaired) electrons. The zero-order valence-electron chi connectivity index (χ0n) is 12.7. The van der Waals surface area contributed by atoms with Crippen LogP contribution in [-0.2, 0) is 4.79 Å². The van der Waals surface area contributed by atoms with E-state index in [0.29, 0.717) is 17.5 Å². The topological polar surface area (TPSA) is 34.1 Å². The van der Waals surface area contributed by atoms with E-state index < -0.39 is 0 Å². The molecule has 2 aliphatic carbocycles. The molecule has 0 aliphatic heterocycles. The van der Waals surface area contributed by atoms with Crippen LogP contribution in [0.15, 0.2) is 30.3 Å². The second-order valence-electron chi connectivity index (χ2n) is 6.95. The number of ketones is 2. The van der Waals surface area contributed by atoms with Crippen molar-refractivity contribution in [1.82, 2.24) is 0 Å². The first-order chi connectivity index (χ1) is 9.97. The summed E-state index contributed by atoms with van der Waals surface area (Å²) >= 11 is 1.64. The molecule has 0 N–H and O–H groups in total. The quantitative estimate of drug-likeness (QED) is 0.771. The van der Waals surface area contributed by atoms with Crippen LogP contribution in [0, 0.1) is 16.7 Å². The van der Waals surface area contributed by atoms with E-state index in [1.165, 1.54) is 6.42 Å².